The van der Waals surface area contributed by atoms with Crippen LogP contribution in [-0.2, 0) is 6.54 Å². The van der Waals surface area contributed by atoms with Crippen LogP contribution in [0.5, 0.6) is 0 Å². The molecule has 0 atom stereocenters. The first kappa shape index (κ1) is 10.7. The lowest BCUT2D eigenvalue weighted by atomic mass is 10.1. The highest BCUT2D eigenvalue weighted by molar-refractivity contribution is 5.07. The zero-order valence-corrected chi connectivity index (χ0v) is 9.82. The number of likely N-dealkylation sites (N-methyl/N-ethyl adjacent to an activating group) is 1. The molecule has 0 aliphatic heterocycles. The van der Waals surface area contributed by atoms with E-state index in [1.165, 1.54) is 31.4 Å². The van der Waals surface area contributed by atoms with Crippen LogP contribution >= 0.6 is 0 Å². The van der Waals surface area contributed by atoms with Crippen molar-refractivity contribution in [1.82, 2.24) is 14.7 Å². The van der Waals surface area contributed by atoms with E-state index in [4.69, 9.17) is 0 Å². The van der Waals surface area contributed by atoms with Gasteiger partial charge in [-0.15, -0.1) is 0 Å². The first-order valence-corrected chi connectivity index (χ1v) is 5.94. The molecule has 15 heavy (non-hydrogen) atoms. The molecule has 84 valence electrons. The molecular formula is C12H21N3. The Morgan fingerprint density at radius 2 is 2.13 bits per heavy atom. The molecule has 0 saturated heterocycles. The fraction of sp³-hybridized carbons (Fsp3) is 0.750. The summed E-state index contributed by atoms with van der Waals surface area (Å²) in [6.07, 6.45) is 7.57. The number of hydrogen-bond acceptors (Lipinski definition) is 2. The van der Waals surface area contributed by atoms with Crippen molar-refractivity contribution in [3.63, 3.8) is 0 Å². The maximum atomic E-state index is 4.65. The highest BCUT2D eigenvalue weighted by Crippen LogP contribution is 2.32. The number of rotatable bonds is 4. The van der Waals surface area contributed by atoms with Crippen LogP contribution < -0.4 is 0 Å². The Morgan fingerprint density at radius 3 is 2.80 bits per heavy atom. The minimum Gasteiger partial charge on any atom is -0.308 e. The molecule has 3 heteroatoms. The molecule has 1 aliphatic carbocycles. The van der Waals surface area contributed by atoms with Gasteiger partial charge in [0.1, 0.15) is 0 Å². The summed E-state index contributed by atoms with van der Waals surface area (Å²) in [6.45, 7) is 2.06. The predicted molar refractivity (Wildman–Crippen MR) is 62.0 cm³/mol. The average molecular weight is 207 g/mol. The molecule has 1 saturated carbocycles. The summed E-state index contributed by atoms with van der Waals surface area (Å²) in [6, 6.07) is 2.20. The van der Waals surface area contributed by atoms with Gasteiger partial charge < -0.3 is 4.90 Å². The molecule has 1 aromatic heterocycles. The van der Waals surface area contributed by atoms with Crippen molar-refractivity contribution >= 4 is 0 Å². The Morgan fingerprint density at radius 1 is 1.40 bits per heavy atom. The summed E-state index contributed by atoms with van der Waals surface area (Å²) in [7, 11) is 4.20. The maximum Gasteiger partial charge on any atom is 0.0655 e. The van der Waals surface area contributed by atoms with Crippen LogP contribution in [0.4, 0.5) is 0 Å². The van der Waals surface area contributed by atoms with Gasteiger partial charge in [-0.3, -0.25) is 4.68 Å². The monoisotopic (exact) mass is 207 g/mol. The van der Waals surface area contributed by atoms with Crippen LogP contribution in [0.1, 0.15) is 37.3 Å². The smallest absolute Gasteiger partial charge is 0.0655 e. The van der Waals surface area contributed by atoms with Crippen LogP contribution in [-0.4, -0.2) is 35.3 Å². The highest BCUT2D eigenvalue weighted by atomic mass is 15.3. The first-order chi connectivity index (χ1) is 7.25. The average Bonchev–Trinajstić information content (AvgIpc) is 2.85. The summed E-state index contributed by atoms with van der Waals surface area (Å²) in [5, 5.41) is 4.65. The normalized spacial score (nSPS) is 17.8. The van der Waals surface area contributed by atoms with E-state index in [1.807, 2.05) is 0 Å². The molecule has 0 N–H and O–H groups in total. The third-order valence-corrected chi connectivity index (χ3v) is 3.21. The van der Waals surface area contributed by atoms with Gasteiger partial charge in [0.25, 0.3) is 0 Å². The minimum absolute atomic E-state index is 0.741. The van der Waals surface area contributed by atoms with Crippen molar-refractivity contribution in [2.45, 2.75) is 38.1 Å². The lowest BCUT2D eigenvalue weighted by Gasteiger charge is -2.09. The quantitative estimate of drug-likeness (QED) is 0.754. The Balaban J connectivity index is 1.91. The summed E-state index contributed by atoms with van der Waals surface area (Å²) in [5.41, 5.74) is 1.31. The van der Waals surface area contributed by atoms with Gasteiger partial charge in [0, 0.05) is 18.7 Å². The van der Waals surface area contributed by atoms with E-state index < -0.39 is 0 Å². The Bertz CT molecular complexity index is 298. The van der Waals surface area contributed by atoms with E-state index in [0.29, 0.717) is 0 Å². The van der Waals surface area contributed by atoms with Crippen molar-refractivity contribution < 1.29 is 0 Å². The Labute approximate surface area is 92.1 Å². The van der Waals surface area contributed by atoms with Crippen molar-refractivity contribution in [2.75, 3.05) is 20.6 Å². The van der Waals surface area contributed by atoms with Crippen LogP contribution in [0.2, 0.25) is 0 Å². The largest absolute Gasteiger partial charge is 0.308 e. The van der Waals surface area contributed by atoms with Gasteiger partial charge in [-0.2, -0.15) is 5.10 Å². The van der Waals surface area contributed by atoms with E-state index >= 15 is 0 Å². The van der Waals surface area contributed by atoms with Crippen molar-refractivity contribution in [3.05, 3.63) is 18.0 Å². The molecule has 0 unspecified atom stereocenters. The molecule has 1 fully saturated rings. The molecule has 1 aliphatic rings. The van der Waals surface area contributed by atoms with Crippen LogP contribution in [0, 0.1) is 0 Å². The van der Waals surface area contributed by atoms with Crippen LogP contribution in [0.25, 0.3) is 0 Å². The number of nitrogens with zero attached hydrogens (tertiary/aromatic N) is 3. The summed E-state index contributed by atoms with van der Waals surface area (Å²) >= 11 is 0. The molecular weight excluding hydrogens is 186 g/mol. The first-order valence-electron chi connectivity index (χ1n) is 5.94. The zero-order valence-electron chi connectivity index (χ0n) is 9.82. The van der Waals surface area contributed by atoms with Gasteiger partial charge in [0.15, 0.2) is 0 Å². The third kappa shape index (κ3) is 2.81. The van der Waals surface area contributed by atoms with Gasteiger partial charge in [-0.1, -0.05) is 12.8 Å². The summed E-state index contributed by atoms with van der Waals surface area (Å²) in [5.74, 6) is 0.741. The van der Waals surface area contributed by atoms with Gasteiger partial charge in [-0.05, 0) is 33.0 Å². The molecule has 0 spiro atoms. The maximum absolute atomic E-state index is 4.65. The number of hydrogen-bond donors (Lipinski definition) is 0. The molecule has 0 bridgehead atoms. The molecule has 0 radical (unpaired) electrons. The third-order valence-electron chi connectivity index (χ3n) is 3.21. The minimum atomic E-state index is 0.741. The standard InChI is InChI=1S/C12H21N3/c1-14(2)9-10-15-8-7-12(13-15)11-5-3-4-6-11/h7-8,11H,3-6,9-10H2,1-2H3. The molecule has 2 rings (SSSR count). The molecule has 1 aromatic rings. The van der Waals surface area contributed by atoms with E-state index in [2.05, 4.69) is 41.0 Å². The van der Waals surface area contributed by atoms with E-state index in [-0.39, 0.29) is 0 Å². The van der Waals surface area contributed by atoms with E-state index in [1.54, 1.807) is 0 Å². The fourth-order valence-electron chi connectivity index (χ4n) is 2.24. The van der Waals surface area contributed by atoms with E-state index in [9.17, 15) is 0 Å². The summed E-state index contributed by atoms with van der Waals surface area (Å²) < 4.78 is 2.08. The molecule has 0 amide bonds. The lowest BCUT2D eigenvalue weighted by molar-refractivity contribution is 0.372. The molecule has 0 aromatic carbocycles. The molecule has 3 nitrogen and oxygen atoms in total. The van der Waals surface area contributed by atoms with Gasteiger partial charge >= 0.3 is 0 Å². The predicted octanol–water partition coefficient (Wildman–Crippen LogP) is 2.10. The zero-order chi connectivity index (χ0) is 10.7. The highest BCUT2D eigenvalue weighted by Gasteiger charge is 2.18. The number of aromatic nitrogens is 2. The fourth-order valence-corrected chi connectivity index (χ4v) is 2.24. The second-order valence-electron chi connectivity index (χ2n) is 4.79. The van der Waals surface area contributed by atoms with Crippen LogP contribution in [0.3, 0.4) is 0 Å². The van der Waals surface area contributed by atoms with Gasteiger partial charge in [0.2, 0.25) is 0 Å². The summed E-state index contributed by atoms with van der Waals surface area (Å²) in [4.78, 5) is 2.19. The van der Waals surface area contributed by atoms with Crippen LogP contribution in [0.15, 0.2) is 12.3 Å². The Hall–Kier alpha value is -0.830. The Kier molecular flexibility index (Phi) is 3.41. The van der Waals surface area contributed by atoms with Crippen molar-refractivity contribution in [3.8, 4) is 0 Å². The van der Waals surface area contributed by atoms with E-state index in [0.717, 1.165) is 19.0 Å². The van der Waals surface area contributed by atoms with Gasteiger partial charge in [-0.25, -0.2) is 0 Å². The van der Waals surface area contributed by atoms with Gasteiger partial charge in [0.05, 0.1) is 12.2 Å². The lowest BCUT2D eigenvalue weighted by Crippen LogP contribution is -2.18. The second kappa shape index (κ2) is 4.79. The van der Waals surface area contributed by atoms with Crippen molar-refractivity contribution in [1.29, 1.82) is 0 Å². The topological polar surface area (TPSA) is 21.1 Å². The van der Waals surface area contributed by atoms with Crippen molar-refractivity contribution in [2.24, 2.45) is 0 Å². The molecule has 1 heterocycles. The SMILES string of the molecule is CN(C)CCn1ccc(C2CCCC2)n1. The second-order valence-corrected chi connectivity index (χ2v) is 4.79.